The van der Waals surface area contributed by atoms with Crippen molar-refractivity contribution in [1.82, 2.24) is 19.7 Å². The Hall–Kier alpha value is -2.53. The molecule has 3 heterocycles. The van der Waals surface area contributed by atoms with Gasteiger partial charge in [0.2, 0.25) is 0 Å². The van der Waals surface area contributed by atoms with E-state index in [1.165, 1.54) is 29.0 Å². The second-order valence-electron chi connectivity index (χ2n) is 8.04. The van der Waals surface area contributed by atoms with Crippen LogP contribution >= 0.6 is 0 Å². The minimum Gasteiger partial charge on any atom is -0.299 e. The lowest BCUT2D eigenvalue weighted by molar-refractivity contribution is 0.203. The third-order valence-corrected chi connectivity index (χ3v) is 5.94. The number of rotatable bonds is 6. The lowest BCUT2D eigenvalue weighted by Crippen LogP contribution is -2.32. The maximum absolute atomic E-state index is 13.1. The number of likely N-dealkylation sites (tertiary alicyclic amines) is 1. The average molecular weight is 393 g/mol. The lowest BCUT2D eigenvalue weighted by Gasteiger charge is -2.31. The molecule has 4 nitrogen and oxygen atoms in total. The minimum atomic E-state index is -0.192. The molecule has 2 aromatic heterocycles. The molecule has 3 aromatic rings. The maximum atomic E-state index is 13.1. The van der Waals surface area contributed by atoms with Gasteiger partial charge in [0.1, 0.15) is 5.82 Å². The third kappa shape index (κ3) is 4.91. The van der Waals surface area contributed by atoms with Gasteiger partial charge in [-0.1, -0.05) is 18.2 Å². The van der Waals surface area contributed by atoms with Gasteiger partial charge in [-0.3, -0.25) is 14.6 Å². The van der Waals surface area contributed by atoms with Crippen LogP contribution in [0.5, 0.6) is 0 Å². The Kier molecular flexibility index (Phi) is 6.05. The fraction of sp³-hybridized carbons (Fsp3) is 0.417. The van der Waals surface area contributed by atoms with Gasteiger partial charge >= 0.3 is 0 Å². The predicted molar refractivity (Wildman–Crippen MR) is 113 cm³/mol. The number of pyridine rings is 1. The van der Waals surface area contributed by atoms with Gasteiger partial charge in [0.15, 0.2) is 0 Å². The number of nitrogens with zero attached hydrogens (tertiary/aromatic N) is 4. The molecule has 0 spiro atoms. The van der Waals surface area contributed by atoms with Crippen molar-refractivity contribution in [3.63, 3.8) is 0 Å². The van der Waals surface area contributed by atoms with Gasteiger partial charge in [0.05, 0.1) is 5.69 Å². The zero-order valence-corrected chi connectivity index (χ0v) is 17.3. The molecule has 5 heteroatoms. The first kappa shape index (κ1) is 19.8. The highest BCUT2D eigenvalue weighted by Crippen LogP contribution is 2.28. The summed E-state index contributed by atoms with van der Waals surface area (Å²) in [7, 11) is 0. The van der Waals surface area contributed by atoms with Crippen molar-refractivity contribution in [2.75, 3.05) is 13.1 Å². The first-order valence-electron chi connectivity index (χ1n) is 10.5. The molecule has 1 fully saturated rings. The molecule has 0 saturated carbocycles. The van der Waals surface area contributed by atoms with Crippen molar-refractivity contribution in [2.45, 2.75) is 52.1 Å². The van der Waals surface area contributed by atoms with Gasteiger partial charge in [-0.15, -0.1) is 0 Å². The lowest BCUT2D eigenvalue weighted by atomic mass is 9.92. The molecule has 0 bridgehead atoms. The van der Waals surface area contributed by atoms with Crippen LogP contribution in [0.2, 0.25) is 0 Å². The second kappa shape index (κ2) is 8.87. The van der Waals surface area contributed by atoms with Gasteiger partial charge in [-0.25, -0.2) is 4.39 Å². The summed E-state index contributed by atoms with van der Waals surface area (Å²) >= 11 is 0. The Labute approximate surface area is 172 Å². The van der Waals surface area contributed by atoms with E-state index < -0.39 is 0 Å². The fourth-order valence-electron chi connectivity index (χ4n) is 4.12. The van der Waals surface area contributed by atoms with E-state index >= 15 is 0 Å². The van der Waals surface area contributed by atoms with E-state index in [-0.39, 0.29) is 5.82 Å². The van der Waals surface area contributed by atoms with E-state index in [1.807, 2.05) is 23.0 Å². The normalized spacial score (nSPS) is 15.7. The van der Waals surface area contributed by atoms with Crippen LogP contribution in [0.15, 0.2) is 48.8 Å². The fourth-order valence-corrected chi connectivity index (χ4v) is 4.12. The van der Waals surface area contributed by atoms with Gasteiger partial charge in [-0.2, -0.15) is 5.10 Å². The number of benzene rings is 1. The Morgan fingerprint density at radius 2 is 1.76 bits per heavy atom. The maximum Gasteiger partial charge on any atom is 0.123 e. The zero-order chi connectivity index (χ0) is 20.2. The van der Waals surface area contributed by atoms with Crippen molar-refractivity contribution >= 4 is 0 Å². The van der Waals surface area contributed by atoms with Crippen molar-refractivity contribution in [3.05, 3.63) is 82.7 Å². The number of hydrogen-bond acceptors (Lipinski definition) is 3. The van der Waals surface area contributed by atoms with E-state index in [0.717, 1.165) is 56.7 Å². The highest BCUT2D eigenvalue weighted by atomic mass is 19.1. The predicted octanol–water partition coefficient (Wildman–Crippen LogP) is 4.72. The monoisotopic (exact) mass is 392 g/mol. The van der Waals surface area contributed by atoms with Gasteiger partial charge in [0.25, 0.3) is 0 Å². The van der Waals surface area contributed by atoms with Gasteiger partial charge < -0.3 is 0 Å². The Morgan fingerprint density at radius 3 is 2.38 bits per heavy atom. The van der Waals surface area contributed by atoms with E-state index in [2.05, 4.69) is 42.2 Å². The molecular formula is C24H29FN4. The summed E-state index contributed by atoms with van der Waals surface area (Å²) in [6.07, 6.45) is 7.24. The SMILES string of the molecule is CCn1cc(CN2CCC(c3ccc(Cc4ccc(F)cc4)cn3)CC2)c(C)n1. The van der Waals surface area contributed by atoms with Gasteiger partial charge in [0, 0.05) is 42.7 Å². The summed E-state index contributed by atoms with van der Waals surface area (Å²) in [6.45, 7) is 8.33. The number of piperidine rings is 1. The molecule has 0 unspecified atom stereocenters. The van der Waals surface area contributed by atoms with Crippen molar-refractivity contribution < 1.29 is 4.39 Å². The molecule has 1 aliphatic heterocycles. The van der Waals surface area contributed by atoms with Crippen molar-refractivity contribution in [2.24, 2.45) is 0 Å². The number of hydrogen-bond donors (Lipinski definition) is 0. The van der Waals surface area contributed by atoms with E-state index in [0.29, 0.717) is 5.92 Å². The summed E-state index contributed by atoms with van der Waals surface area (Å²) in [4.78, 5) is 7.28. The molecular weight excluding hydrogens is 363 g/mol. The largest absolute Gasteiger partial charge is 0.299 e. The average Bonchev–Trinajstić information content (AvgIpc) is 3.10. The Morgan fingerprint density at radius 1 is 1.03 bits per heavy atom. The number of aryl methyl sites for hydroxylation is 2. The van der Waals surface area contributed by atoms with Crippen LogP contribution in [0, 0.1) is 12.7 Å². The summed E-state index contributed by atoms with van der Waals surface area (Å²) in [5.41, 5.74) is 5.96. The molecule has 0 atom stereocenters. The third-order valence-electron chi connectivity index (χ3n) is 5.94. The Bertz CT molecular complexity index is 923. The zero-order valence-electron chi connectivity index (χ0n) is 17.3. The standard InChI is InChI=1S/C24H29FN4/c1-3-29-17-22(18(2)27-29)16-28-12-10-21(11-13-28)24-9-6-20(15-26-24)14-19-4-7-23(25)8-5-19/h4-9,15,17,21H,3,10-14,16H2,1-2H3. The smallest absolute Gasteiger partial charge is 0.123 e. The molecule has 0 aliphatic carbocycles. The van der Waals surface area contributed by atoms with E-state index in [4.69, 9.17) is 4.98 Å². The summed E-state index contributed by atoms with van der Waals surface area (Å²) in [5, 5.41) is 4.56. The van der Waals surface area contributed by atoms with Gasteiger partial charge in [-0.05, 0) is 75.5 Å². The Balaban J connectivity index is 1.31. The molecule has 0 amide bonds. The van der Waals surface area contributed by atoms with Crippen molar-refractivity contribution in [3.8, 4) is 0 Å². The van der Waals surface area contributed by atoms with E-state index in [1.54, 1.807) is 0 Å². The highest BCUT2D eigenvalue weighted by Gasteiger charge is 2.22. The van der Waals surface area contributed by atoms with Crippen LogP contribution in [0.4, 0.5) is 4.39 Å². The second-order valence-corrected chi connectivity index (χ2v) is 8.04. The van der Waals surface area contributed by atoms with Crippen LogP contribution in [0.25, 0.3) is 0 Å². The molecule has 4 rings (SSSR count). The van der Waals surface area contributed by atoms with Crippen molar-refractivity contribution in [1.29, 1.82) is 0 Å². The molecule has 1 aliphatic rings. The summed E-state index contributed by atoms with van der Waals surface area (Å²) < 4.78 is 15.1. The number of aromatic nitrogens is 3. The number of halogens is 1. The molecule has 0 radical (unpaired) electrons. The molecule has 1 saturated heterocycles. The van der Waals surface area contributed by atoms with Crippen LogP contribution in [-0.2, 0) is 19.5 Å². The van der Waals surface area contributed by atoms with E-state index in [9.17, 15) is 4.39 Å². The molecule has 0 N–H and O–H groups in total. The molecule has 152 valence electrons. The first-order valence-corrected chi connectivity index (χ1v) is 10.5. The highest BCUT2D eigenvalue weighted by molar-refractivity contribution is 5.26. The van der Waals surface area contributed by atoms with Crippen LogP contribution in [-0.4, -0.2) is 32.8 Å². The summed E-state index contributed by atoms with van der Waals surface area (Å²) in [5.74, 6) is 0.341. The quantitative estimate of drug-likeness (QED) is 0.609. The summed E-state index contributed by atoms with van der Waals surface area (Å²) in [6, 6.07) is 11.0. The minimum absolute atomic E-state index is 0.192. The van der Waals surface area contributed by atoms with Crippen LogP contribution < -0.4 is 0 Å². The first-order chi connectivity index (χ1) is 14.1. The topological polar surface area (TPSA) is 34.0 Å². The molecule has 1 aromatic carbocycles. The van der Waals surface area contributed by atoms with Crippen LogP contribution in [0.1, 0.15) is 53.8 Å². The van der Waals surface area contributed by atoms with Crippen LogP contribution in [0.3, 0.4) is 0 Å². The molecule has 29 heavy (non-hydrogen) atoms.